The Morgan fingerprint density at radius 2 is 1.82 bits per heavy atom. The van der Waals surface area contributed by atoms with E-state index < -0.39 is 0 Å². The van der Waals surface area contributed by atoms with E-state index in [0.717, 1.165) is 5.92 Å². The molecule has 1 aromatic rings. The minimum atomic E-state index is 0.129. The van der Waals surface area contributed by atoms with Crippen LogP contribution in [0.2, 0.25) is 0 Å². The van der Waals surface area contributed by atoms with Crippen molar-refractivity contribution in [2.24, 2.45) is 11.7 Å². The number of benzene rings is 1. The van der Waals surface area contributed by atoms with E-state index in [1.807, 2.05) is 6.92 Å². The first-order valence-corrected chi connectivity index (χ1v) is 6.73. The molecule has 17 heavy (non-hydrogen) atoms. The van der Waals surface area contributed by atoms with E-state index in [0.29, 0.717) is 0 Å². The number of rotatable bonds is 4. The first-order chi connectivity index (χ1) is 8.16. The highest BCUT2D eigenvalue weighted by Crippen LogP contribution is 2.27. The van der Waals surface area contributed by atoms with Crippen LogP contribution >= 0.6 is 0 Å². The molecule has 0 aromatic heterocycles. The average molecular weight is 232 g/mol. The summed E-state index contributed by atoms with van der Waals surface area (Å²) < 4.78 is 0. The van der Waals surface area contributed by atoms with Crippen molar-refractivity contribution in [2.45, 2.75) is 38.6 Å². The molecule has 0 aliphatic heterocycles. The zero-order chi connectivity index (χ0) is 12.3. The van der Waals surface area contributed by atoms with Crippen LogP contribution < -0.4 is 10.6 Å². The van der Waals surface area contributed by atoms with Crippen LogP contribution in [0.1, 0.15) is 44.2 Å². The van der Waals surface area contributed by atoms with Crippen LogP contribution in [-0.2, 0) is 0 Å². The van der Waals surface area contributed by atoms with Crippen LogP contribution in [0.3, 0.4) is 0 Å². The second-order valence-electron chi connectivity index (χ2n) is 5.41. The van der Waals surface area contributed by atoms with Gasteiger partial charge in [0.2, 0.25) is 0 Å². The highest BCUT2D eigenvalue weighted by molar-refractivity contribution is 5.47. The Morgan fingerprint density at radius 3 is 2.35 bits per heavy atom. The Morgan fingerprint density at radius 1 is 1.24 bits per heavy atom. The van der Waals surface area contributed by atoms with Crippen LogP contribution in [0, 0.1) is 5.92 Å². The fraction of sp³-hybridized carbons (Fsp3) is 0.600. The standard InChI is InChI=1S/C15H24N2/c1-12(16)14-7-9-15(10-8-14)17(2)11-13-5-3-4-6-13/h7-10,12-13H,3-6,11,16H2,1-2H3/t12-/m0/s1. The molecule has 1 atom stereocenters. The topological polar surface area (TPSA) is 29.3 Å². The van der Waals surface area contributed by atoms with Crippen molar-refractivity contribution in [2.75, 3.05) is 18.5 Å². The Balaban J connectivity index is 1.96. The summed E-state index contributed by atoms with van der Waals surface area (Å²) in [6.07, 6.45) is 5.65. The largest absolute Gasteiger partial charge is 0.374 e. The molecule has 1 aromatic carbocycles. The molecular formula is C15H24N2. The van der Waals surface area contributed by atoms with Crippen molar-refractivity contribution in [1.29, 1.82) is 0 Å². The minimum Gasteiger partial charge on any atom is -0.374 e. The quantitative estimate of drug-likeness (QED) is 0.862. The van der Waals surface area contributed by atoms with Gasteiger partial charge in [0.05, 0.1) is 0 Å². The summed E-state index contributed by atoms with van der Waals surface area (Å²) in [6.45, 7) is 3.22. The number of nitrogens with two attached hydrogens (primary N) is 1. The predicted molar refractivity (Wildman–Crippen MR) is 74.3 cm³/mol. The highest BCUT2D eigenvalue weighted by atomic mass is 15.1. The molecule has 2 N–H and O–H groups in total. The van der Waals surface area contributed by atoms with Crippen molar-refractivity contribution in [3.8, 4) is 0 Å². The van der Waals surface area contributed by atoms with Gasteiger partial charge in [-0.2, -0.15) is 0 Å². The maximum absolute atomic E-state index is 5.86. The predicted octanol–water partition coefficient (Wildman–Crippen LogP) is 3.33. The lowest BCUT2D eigenvalue weighted by molar-refractivity contribution is 0.547. The molecule has 2 rings (SSSR count). The third-order valence-electron chi connectivity index (χ3n) is 3.87. The summed E-state index contributed by atoms with van der Waals surface area (Å²) >= 11 is 0. The molecule has 0 amide bonds. The van der Waals surface area contributed by atoms with Gasteiger partial charge in [0, 0.05) is 25.3 Å². The molecule has 0 radical (unpaired) electrons. The van der Waals surface area contributed by atoms with Gasteiger partial charge in [-0.25, -0.2) is 0 Å². The van der Waals surface area contributed by atoms with Crippen LogP contribution in [0.4, 0.5) is 5.69 Å². The fourth-order valence-electron chi connectivity index (χ4n) is 2.72. The fourth-order valence-corrected chi connectivity index (χ4v) is 2.72. The van der Waals surface area contributed by atoms with Gasteiger partial charge >= 0.3 is 0 Å². The molecule has 1 aliphatic carbocycles. The van der Waals surface area contributed by atoms with Crippen LogP contribution in [0.5, 0.6) is 0 Å². The van der Waals surface area contributed by atoms with Gasteiger partial charge in [-0.1, -0.05) is 25.0 Å². The highest BCUT2D eigenvalue weighted by Gasteiger charge is 2.16. The summed E-state index contributed by atoms with van der Waals surface area (Å²) in [6, 6.07) is 8.79. The molecule has 0 heterocycles. The minimum absolute atomic E-state index is 0.129. The van der Waals surface area contributed by atoms with Crippen molar-refractivity contribution < 1.29 is 0 Å². The number of anilines is 1. The van der Waals surface area contributed by atoms with E-state index in [4.69, 9.17) is 5.73 Å². The number of nitrogens with zero attached hydrogens (tertiary/aromatic N) is 1. The zero-order valence-electron chi connectivity index (χ0n) is 11.0. The monoisotopic (exact) mass is 232 g/mol. The summed E-state index contributed by atoms with van der Waals surface area (Å²) in [4.78, 5) is 2.38. The van der Waals surface area contributed by atoms with Gasteiger partial charge in [0.1, 0.15) is 0 Å². The van der Waals surface area contributed by atoms with Gasteiger partial charge in [-0.05, 0) is 43.4 Å². The van der Waals surface area contributed by atoms with E-state index in [1.54, 1.807) is 0 Å². The molecule has 2 nitrogen and oxygen atoms in total. The maximum Gasteiger partial charge on any atom is 0.0363 e. The molecular weight excluding hydrogens is 208 g/mol. The zero-order valence-corrected chi connectivity index (χ0v) is 11.0. The van der Waals surface area contributed by atoms with Crippen molar-refractivity contribution in [1.82, 2.24) is 0 Å². The van der Waals surface area contributed by atoms with Crippen molar-refractivity contribution in [3.63, 3.8) is 0 Å². The molecule has 0 saturated heterocycles. The molecule has 0 spiro atoms. The van der Waals surface area contributed by atoms with Gasteiger partial charge in [-0.3, -0.25) is 0 Å². The molecule has 1 saturated carbocycles. The van der Waals surface area contributed by atoms with Gasteiger partial charge in [0.25, 0.3) is 0 Å². The molecule has 0 unspecified atom stereocenters. The third-order valence-corrected chi connectivity index (χ3v) is 3.87. The molecule has 94 valence electrons. The number of hydrogen-bond donors (Lipinski definition) is 1. The lowest BCUT2D eigenvalue weighted by Crippen LogP contribution is -2.23. The lowest BCUT2D eigenvalue weighted by Gasteiger charge is -2.23. The van der Waals surface area contributed by atoms with E-state index in [2.05, 4.69) is 36.2 Å². The van der Waals surface area contributed by atoms with E-state index in [-0.39, 0.29) is 6.04 Å². The molecule has 1 fully saturated rings. The average Bonchev–Trinajstić information content (AvgIpc) is 2.82. The van der Waals surface area contributed by atoms with Crippen molar-refractivity contribution >= 4 is 5.69 Å². The summed E-state index contributed by atoms with van der Waals surface area (Å²) in [7, 11) is 2.19. The first-order valence-electron chi connectivity index (χ1n) is 6.73. The number of hydrogen-bond acceptors (Lipinski definition) is 2. The van der Waals surface area contributed by atoms with Crippen LogP contribution in [-0.4, -0.2) is 13.6 Å². The lowest BCUT2D eigenvalue weighted by atomic mass is 10.1. The molecule has 0 bridgehead atoms. The Bertz CT molecular complexity index is 336. The smallest absolute Gasteiger partial charge is 0.0363 e. The SMILES string of the molecule is C[C@H](N)c1ccc(N(C)CC2CCCC2)cc1. The Kier molecular flexibility index (Phi) is 4.06. The Labute approximate surface area is 105 Å². The second-order valence-corrected chi connectivity index (χ2v) is 5.41. The summed E-state index contributed by atoms with van der Waals surface area (Å²) in [5.74, 6) is 0.896. The van der Waals surface area contributed by atoms with Crippen LogP contribution in [0.25, 0.3) is 0 Å². The summed E-state index contributed by atoms with van der Waals surface area (Å²) in [5.41, 5.74) is 8.38. The second kappa shape index (κ2) is 5.54. The Hall–Kier alpha value is -1.02. The van der Waals surface area contributed by atoms with Gasteiger partial charge < -0.3 is 10.6 Å². The maximum atomic E-state index is 5.86. The van der Waals surface area contributed by atoms with E-state index in [9.17, 15) is 0 Å². The van der Waals surface area contributed by atoms with Crippen molar-refractivity contribution in [3.05, 3.63) is 29.8 Å². The normalized spacial score (nSPS) is 18.3. The first kappa shape index (κ1) is 12.4. The van der Waals surface area contributed by atoms with E-state index >= 15 is 0 Å². The third kappa shape index (κ3) is 3.22. The molecule has 2 heteroatoms. The van der Waals surface area contributed by atoms with E-state index in [1.165, 1.54) is 43.5 Å². The summed E-state index contributed by atoms with van der Waals surface area (Å²) in [5, 5.41) is 0. The molecule has 1 aliphatic rings. The van der Waals surface area contributed by atoms with Gasteiger partial charge in [0.15, 0.2) is 0 Å². The van der Waals surface area contributed by atoms with Crippen LogP contribution in [0.15, 0.2) is 24.3 Å². The van der Waals surface area contributed by atoms with Gasteiger partial charge in [-0.15, -0.1) is 0 Å².